The summed E-state index contributed by atoms with van der Waals surface area (Å²) in [6.45, 7) is 17.1. The van der Waals surface area contributed by atoms with E-state index in [9.17, 15) is 9.90 Å². The lowest BCUT2D eigenvalue weighted by Crippen LogP contribution is -2.59. The first-order chi connectivity index (χ1) is 20.5. The third-order valence-corrected chi connectivity index (χ3v) is 13.1. The molecule has 0 saturated heterocycles. The van der Waals surface area contributed by atoms with Gasteiger partial charge in [-0.25, -0.2) is 0 Å². The number of rotatable bonds is 16. The molecule has 5 unspecified atom stereocenters. The van der Waals surface area contributed by atoms with Crippen LogP contribution in [0, 0.1) is 46.3 Å². The lowest BCUT2D eigenvalue weighted by atomic mass is 9.43. The summed E-state index contributed by atoms with van der Waals surface area (Å²) >= 11 is 0. The van der Waals surface area contributed by atoms with Gasteiger partial charge in [0, 0.05) is 12.5 Å². The number of carbonyl (C=O) groups is 1. The lowest BCUT2D eigenvalue weighted by Gasteiger charge is -2.62. The monoisotopic (exact) mass is 605 g/mol. The van der Waals surface area contributed by atoms with Gasteiger partial charge in [-0.1, -0.05) is 20.8 Å². The normalized spacial score (nSPS) is 38.0. The summed E-state index contributed by atoms with van der Waals surface area (Å²) in [7, 11) is 0. The zero-order chi connectivity index (χ0) is 31.2. The first-order valence-corrected chi connectivity index (χ1v) is 18.3. The SMILES string of the molecule is CC(C)OC(=O)CC[C@@H](C)C1CCC2C3CCC4C[C@@H](NCCCN(CCCN)CCCN)CC[C@]4(C)C3C[C@H](O)[C@@]21C. The molecule has 4 fully saturated rings. The molecule has 0 radical (unpaired) electrons. The number of hydrogen-bond donors (Lipinski definition) is 4. The molecule has 0 heterocycles. The molecular weight excluding hydrogens is 536 g/mol. The van der Waals surface area contributed by atoms with Crippen molar-refractivity contribution in [2.24, 2.45) is 57.8 Å². The Kier molecular flexibility index (Phi) is 12.8. The Labute approximate surface area is 264 Å². The average Bonchev–Trinajstić information content (AvgIpc) is 3.34. The van der Waals surface area contributed by atoms with E-state index in [2.05, 4.69) is 31.0 Å². The third-order valence-electron chi connectivity index (χ3n) is 13.1. The maximum atomic E-state index is 12.3. The molecule has 7 nitrogen and oxygen atoms in total. The Morgan fingerprint density at radius 2 is 1.65 bits per heavy atom. The predicted molar refractivity (Wildman–Crippen MR) is 176 cm³/mol. The zero-order valence-corrected chi connectivity index (χ0v) is 28.5. The summed E-state index contributed by atoms with van der Waals surface area (Å²) < 4.78 is 5.42. The van der Waals surface area contributed by atoms with Crippen molar-refractivity contribution in [3.8, 4) is 0 Å². The number of aliphatic hydroxyl groups excluding tert-OH is 1. The molecule has 7 heteroatoms. The highest BCUT2D eigenvalue weighted by atomic mass is 16.5. The van der Waals surface area contributed by atoms with Crippen LogP contribution in [-0.2, 0) is 9.53 Å². The van der Waals surface area contributed by atoms with Gasteiger partial charge in [0.25, 0.3) is 0 Å². The number of nitrogens with zero attached hydrogens (tertiary/aromatic N) is 1. The second-order valence-corrected chi connectivity index (χ2v) is 15.9. The summed E-state index contributed by atoms with van der Waals surface area (Å²) in [6, 6.07) is 0.633. The quantitative estimate of drug-likeness (QED) is 0.139. The summed E-state index contributed by atoms with van der Waals surface area (Å²) in [5.41, 5.74) is 11.9. The average molecular weight is 605 g/mol. The van der Waals surface area contributed by atoms with Crippen LogP contribution in [0.25, 0.3) is 0 Å². The Morgan fingerprint density at radius 3 is 2.33 bits per heavy atom. The molecule has 0 aromatic heterocycles. The lowest BCUT2D eigenvalue weighted by molar-refractivity contribution is -0.170. The van der Waals surface area contributed by atoms with E-state index in [0.29, 0.717) is 41.5 Å². The fourth-order valence-electron chi connectivity index (χ4n) is 10.8. The molecule has 0 amide bonds. The van der Waals surface area contributed by atoms with E-state index in [1.54, 1.807) is 0 Å². The maximum Gasteiger partial charge on any atom is 0.306 e. The Hall–Kier alpha value is -0.730. The molecule has 4 aliphatic rings. The minimum atomic E-state index is -0.232. The summed E-state index contributed by atoms with van der Waals surface area (Å²) in [5, 5.41) is 15.9. The standard InChI is InChI=1S/C36H68N4O3/c1-25(2)43-34(42)14-9-26(3)30-12-13-31-29-11-10-27-23-28(39-19-8-22-40(20-6-17-37)21-7-18-38)15-16-35(27,4)32(29)24-33(41)36(30,31)5/h25-33,39,41H,6-24,37-38H2,1-5H3/t26-,27?,28+,29?,30?,31?,32?,33+,35+,36-/m1/s1. The second-order valence-electron chi connectivity index (χ2n) is 15.9. The highest BCUT2D eigenvalue weighted by molar-refractivity contribution is 5.69. The molecule has 4 rings (SSSR count). The molecule has 10 atom stereocenters. The van der Waals surface area contributed by atoms with E-state index in [1.807, 2.05) is 13.8 Å². The highest BCUT2D eigenvalue weighted by Crippen LogP contribution is 2.68. The van der Waals surface area contributed by atoms with Crippen molar-refractivity contribution in [2.45, 2.75) is 136 Å². The number of aliphatic hydroxyl groups is 1. The number of nitrogens with one attached hydrogen (secondary N) is 1. The van der Waals surface area contributed by atoms with E-state index in [4.69, 9.17) is 16.2 Å². The van der Waals surface area contributed by atoms with Gasteiger partial charge >= 0.3 is 5.97 Å². The van der Waals surface area contributed by atoms with Crippen LogP contribution in [0.5, 0.6) is 0 Å². The van der Waals surface area contributed by atoms with E-state index in [0.717, 1.165) is 76.8 Å². The minimum absolute atomic E-state index is 0.0212. The Bertz CT molecular complexity index is 863. The van der Waals surface area contributed by atoms with Gasteiger partial charge in [0.1, 0.15) is 0 Å². The number of fused-ring (bicyclic) bond motifs is 5. The molecule has 6 N–H and O–H groups in total. The van der Waals surface area contributed by atoms with Crippen LogP contribution in [0.2, 0.25) is 0 Å². The van der Waals surface area contributed by atoms with Crippen molar-refractivity contribution in [1.82, 2.24) is 10.2 Å². The first kappa shape index (κ1) is 35.1. The summed E-state index contributed by atoms with van der Waals surface area (Å²) in [6.07, 6.45) is 14.4. The van der Waals surface area contributed by atoms with Gasteiger partial charge in [0.15, 0.2) is 0 Å². The number of esters is 1. The van der Waals surface area contributed by atoms with Crippen LogP contribution >= 0.6 is 0 Å². The smallest absolute Gasteiger partial charge is 0.306 e. The molecule has 0 aliphatic heterocycles. The summed E-state index contributed by atoms with van der Waals surface area (Å²) in [5.74, 6) is 3.63. The molecule has 0 spiro atoms. The van der Waals surface area contributed by atoms with Gasteiger partial charge in [-0.2, -0.15) is 0 Å². The highest BCUT2D eigenvalue weighted by Gasteiger charge is 2.63. The van der Waals surface area contributed by atoms with Gasteiger partial charge < -0.3 is 31.5 Å². The van der Waals surface area contributed by atoms with Gasteiger partial charge in [-0.3, -0.25) is 4.79 Å². The van der Waals surface area contributed by atoms with Crippen LogP contribution < -0.4 is 16.8 Å². The number of nitrogens with two attached hydrogens (primary N) is 2. The van der Waals surface area contributed by atoms with Gasteiger partial charge in [-0.15, -0.1) is 0 Å². The Balaban J connectivity index is 1.30. The van der Waals surface area contributed by atoms with Crippen molar-refractivity contribution in [3.63, 3.8) is 0 Å². The van der Waals surface area contributed by atoms with E-state index < -0.39 is 0 Å². The van der Waals surface area contributed by atoms with Crippen LogP contribution in [0.15, 0.2) is 0 Å². The molecule has 250 valence electrons. The molecule has 4 aliphatic carbocycles. The van der Waals surface area contributed by atoms with Crippen molar-refractivity contribution in [3.05, 3.63) is 0 Å². The van der Waals surface area contributed by atoms with Gasteiger partial charge in [-0.05, 0) is 177 Å². The number of ether oxygens (including phenoxy) is 1. The number of carbonyl (C=O) groups excluding carboxylic acids is 1. The van der Waals surface area contributed by atoms with E-state index >= 15 is 0 Å². The molecule has 0 aromatic carbocycles. The van der Waals surface area contributed by atoms with Crippen LogP contribution in [0.3, 0.4) is 0 Å². The summed E-state index contributed by atoms with van der Waals surface area (Å²) in [4.78, 5) is 14.8. The van der Waals surface area contributed by atoms with Crippen molar-refractivity contribution in [1.29, 1.82) is 0 Å². The maximum absolute atomic E-state index is 12.3. The second kappa shape index (κ2) is 15.7. The topological polar surface area (TPSA) is 114 Å². The number of hydrogen-bond acceptors (Lipinski definition) is 7. The van der Waals surface area contributed by atoms with Crippen molar-refractivity contribution < 1.29 is 14.6 Å². The van der Waals surface area contributed by atoms with Crippen molar-refractivity contribution >= 4 is 5.97 Å². The zero-order valence-electron chi connectivity index (χ0n) is 28.5. The van der Waals surface area contributed by atoms with E-state index in [-0.39, 0.29) is 23.6 Å². The molecule has 0 bridgehead atoms. The fraction of sp³-hybridized carbons (Fsp3) is 0.972. The van der Waals surface area contributed by atoms with Crippen molar-refractivity contribution in [2.75, 3.05) is 39.3 Å². The first-order valence-electron chi connectivity index (χ1n) is 18.3. The van der Waals surface area contributed by atoms with Gasteiger partial charge in [0.2, 0.25) is 0 Å². The van der Waals surface area contributed by atoms with Crippen LogP contribution in [0.4, 0.5) is 0 Å². The minimum Gasteiger partial charge on any atom is -0.463 e. The third kappa shape index (κ3) is 7.99. The fourth-order valence-corrected chi connectivity index (χ4v) is 10.8. The van der Waals surface area contributed by atoms with Crippen LogP contribution in [0.1, 0.15) is 118 Å². The molecular formula is C36H68N4O3. The van der Waals surface area contributed by atoms with Gasteiger partial charge in [0.05, 0.1) is 12.2 Å². The largest absolute Gasteiger partial charge is 0.463 e. The molecule has 43 heavy (non-hydrogen) atoms. The molecule has 0 aromatic rings. The Morgan fingerprint density at radius 1 is 0.953 bits per heavy atom. The van der Waals surface area contributed by atoms with E-state index in [1.165, 1.54) is 51.4 Å². The molecule has 4 saturated carbocycles. The predicted octanol–water partition coefficient (Wildman–Crippen LogP) is 5.33. The van der Waals surface area contributed by atoms with Crippen LogP contribution in [-0.4, -0.2) is 73.5 Å².